The van der Waals surface area contributed by atoms with Crippen molar-refractivity contribution in [1.29, 1.82) is 0 Å². The molecular weight excluding hydrogens is 290 g/mol. The van der Waals surface area contributed by atoms with Crippen LogP contribution in [0.4, 0.5) is 0 Å². The van der Waals surface area contributed by atoms with Crippen molar-refractivity contribution in [3.8, 4) is 0 Å². The molecule has 4 unspecified atom stereocenters. The van der Waals surface area contributed by atoms with Gasteiger partial charge in [0, 0.05) is 32.1 Å². The average molecular weight is 316 g/mol. The maximum Gasteiger partial charge on any atom is 0.225 e. The Morgan fingerprint density at radius 1 is 1.10 bits per heavy atom. The zero-order chi connectivity index (χ0) is 14.3. The lowest BCUT2D eigenvalue weighted by Crippen LogP contribution is -2.51. The van der Waals surface area contributed by atoms with Crippen molar-refractivity contribution in [2.45, 2.75) is 51.1 Å². The molecule has 120 valence electrons. The zero-order valence-electron chi connectivity index (χ0n) is 12.6. The minimum absolute atomic E-state index is 0. The van der Waals surface area contributed by atoms with Crippen LogP contribution >= 0.6 is 12.4 Å². The number of nitrogens with one attached hydrogen (secondary N) is 1. The maximum atomic E-state index is 12.5. The predicted octanol–water partition coefficient (Wildman–Crippen LogP) is 0.909. The normalized spacial score (nSPS) is 35.4. The topological polar surface area (TPSA) is 75.4 Å². The largest absolute Gasteiger partial charge is 0.353 e. The molecule has 0 aromatic rings. The summed E-state index contributed by atoms with van der Waals surface area (Å²) in [6, 6.07) is 0.274. The number of nitrogens with zero attached hydrogens (tertiary/aromatic N) is 1. The first-order valence-corrected chi connectivity index (χ1v) is 7.87. The van der Waals surface area contributed by atoms with E-state index in [2.05, 4.69) is 5.32 Å². The molecule has 0 spiro atoms. The molecule has 3 fully saturated rings. The summed E-state index contributed by atoms with van der Waals surface area (Å²) in [5.41, 5.74) is 6.22. The van der Waals surface area contributed by atoms with Crippen LogP contribution in [0, 0.1) is 17.8 Å². The second-order valence-electron chi connectivity index (χ2n) is 6.73. The van der Waals surface area contributed by atoms with Gasteiger partial charge in [0.2, 0.25) is 11.8 Å². The van der Waals surface area contributed by atoms with Gasteiger partial charge < -0.3 is 16.0 Å². The van der Waals surface area contributed by atoms with Gasteiger partial charge in [0.15, 0.2) is 0 Å². The molecule has 1 heterocycles. The van der Waals surface area contributed by atoms with Gasteiger partial charge in [-0.3, -0.25) is 9.59 Å². The number of carbonyl (C=O) groups is 2. The summed E-state index contributed by atoms with van der Waals surface area (Å²) in [5, 5.41) is 3.18. The molecule has 2 amide bonds. The van der Waals surface area contributed by atoms with Crippen molar-refractivity contribution < 1.29 is 9.59 Å². The molecule has 0 aromatic carbocycles. The Balaban J connectivity index is 0.00000161. The van der Waals surface area contributed by atoms with Gasteiger partial charge in [-0.1, -0.05) is 0 Å². The number of piperidine rings is 1. The van der Waals surface area contributed by atoms with E-state index < -0.39 is 0 Å². The molecule has 5 nitrogen and oxygen atoms in total. The van der Waals surface area contributed by atoms with Crippen molar-refractivity contribution in [2.24, 2.45) is 23.5 Å². The molecular formula is C15H26ClN3O2. The van der Waals surface area contributed by atoms with E-state index in [9.17, 15) is 9.59 Å². The van der Waals surface area contributed by atoms with E-state index >= 15 is 0 Å². The fourth-order valence-electron chi connectivity index (χ4n) is 4.36. The minimum atomic E-state index is 0. The van der Waals surface area contributed by atoms with E-state index in [4.69, 9.17) is 5.73 Å². The van der Waals surface area contributed by atoms with E-state index in [0.29, 0.717) is 11.8 Å². The lowest BCUT2D eigenvalue weighted by atomic mass is 9.84. The van der Waals surface area contributed by atoms with Gasteiger partial charge in [-0.2, -0.15) is 0 Å². The number of fused-ring (bicyclic) bond motifs is 2. The molecule has 0 aromatic heterocycles. The van der Waals surface area contributed by atoms with E-state index in [0.717, 1.165) is 32.4 Å². The number of likely N-dealkylation sites (tertiary alicyclic amines) is 1. The molecule has 3 N–H and O–H groups in total. The molecule has 4 atom stereocenters. The summed E-state index contributed by atoms with van der Waals surface area (Å²) in [6.07, 6.45) is 5.23. The predicted molar refractivity (Wildman–Crippen MR) is 83.0 cm³/mol. The van der Waals surface area contributed by atoms with E-state index in [1.807, 2.05) is 4.90 Å². The van der Waals surface area contributed by atoms with Gasteiger partial charge in [-0.05, 0) is 43.9 Å². The third kappa shape index (κ3) is 3.19. The summed E-state index contributed by atoms with van der Waals surface area (Å²) in [6.45, 7) is 3.11. The van der Waals surface area contributed by atoms with Gasteiger partial charge >= 0.3 is 0 Å². The average Bonchev–Trinajstić information content (AvgIpc) is 2.99. The molecule has 2 aliphatic carbocycles. The fourth-order valence-corrected chi connectivity index (χ4v) is 4.36. The quantitative estimate of drug-likeness (QED) is 0.795. The first-order valence-electron chi connectivity index (χ1n) is 7.87. The van der Waals surface area contributed by atoms with E-state index in [-0.39, 0.29) is 42.2 Å². The fraction of sp³-hybridized carbons (Fsp3) is 0.867. The Morgan fingerprint density at radius 3 is 2.24 bits per heavy atom. The summed E-state index contributed by atoms with van der Waals surface area (Å²) < 4.78 is 0. The second kappa shape index (κ2) is 6.53. The maximum absolute atomic E-state index is 12.5. The highest BCUT2D eigenvalue weighted by Gasteiger charge is 2.49. The highest BCUT2D eigenvalue weighted by Crippen LogP contribution is 2.47. The van der Waals surface area contributed by atoms with Crippen molar-refractivity contribution in [3.63, 3.8) is 0 Å². The summed E-state index contributed by atoms with van der Waals surface area (Å²) in [7, 11) is 0. The van der Waals surface area contributed by atoms with Crippen molar-refractivity contribution in [1.82, 2.24) is 10.2 Å². The smallest absolute Gasteiger partial charge is 0.225 e. The van der Waals surface area contributed by atoms with Crippen LogP contribution < -0.4 is 11.1 Å². The van der Waals surface area contributed by atoms with Crippen LogP contribution in [0.2, 0.25) is 0 Å². The van der Waals surface area contributed by atoms with Crippen LogP contribution in [0.3, 0.4) is 0 Å². The van der Waals surface area contributed by atoms with Gasteiger partial charge in [-0.15, -0.1) is 12.4 Å². The Kier molecular flexibility index (Phi) is 5.15. The third-order valence-corrected chi connectivity index (χ3v) is 5.57. The molecule has 21 heavy (non-hydrogen) atoms. The third-order valence-electron chi connectivity index (χ3n) is 5.57. The Morgan fingerprint density at radius 2 is 1.71 bits per heavy atom. The lowest BCUT2D eigenvalue weighted by Gasteiger charge is -2.34. The molecule has 6 heteroatoms. The number of nitrogens with two attached hydrogens (primary N) is 1. The SMILES string of the molecule is CC(=O)N1CCC(NC(=O)C2C3CCC(C3)C2N)CC1.Cl. The van der Waals surface area contributed by atoms with Gasteiger partial charge in [-0.25, -0.2) is 0 Å². The first kappa shape index (κ1) is 16.6. The number of halogens is 1. The standard InChI is InChI=1S/C15H25N3O2.ClH/c1-9(19)18-6-4-12(5-7-18)17-15(20)13-10-2-3-11(8-10)14(13)16;/h10-14H,2-8,16H2,1H3,(H,17,20);1H. The second-order valence-corrected chi connectivity index (χ2v) is 6.73. The van der Waals surface area contributed by atoms with Crippen molar-refractivity contribution in [3.05, 3.63) is 0 Å². The molecule has 2 bridgehead atoms. The molecule has 1 saturated heterocycles. The Labute approximate surface area is 132 Å². The van der Waals surface area contributed by atoms with Gasteiger partial charge in [0.25, 0.3) is 0 Å². The first-order chi connectivity index (χ1) is 9.56. The van der Waals surface area contributed by atoms with Crippen LogP contribution in [0.25, 0.3) is 0 Å². The van der Waals surface area contributed by atoms with Crippen molar-refractivity contribution >= 4 is 24.2 Å². The Bertz CT molecular complexity index is 408. The van der Waals surface area contributed by atoms with Crippen LogP contribution in [0.15, 0.2) is 0 Å². The molecule has 1 aliphatic heterocycles. The minimum Gasteiger partial charge on any atom is -0.353 e. The van der Waals surface area contributed by atoms with E-state index in [1.54, 1.807) is 6.92 Å². The Hall–Kier alpha value is -0.810. The summed E-state index contributed by atoms with van der Waals surface area (Å²) >= 11 is 0. The monoisotopic (exact) mass is 315 g/mol. The van der Waals surface area contributed by atoms with Crippen LogP contribution in [-0.4, -0.2) is 41.9 Å². The molecule has 2 saturated carbocycles. The molecule has 3 rings (SSSR count). The lowest BCUT2D eigenvalue weighted by molar-refractivity contribution is -0.130. The molecule has 0 radical (unpaired) electrons. The highest BCUT2D eigenvalue weighted by molar-refractivity contribution is 5.85. The number of carbonyl (C=O) groups excluding carboxylic acids is 2. The number of amides is 2. The number of hydrogen-bond donors (Lipinski definition) is 2. The van der Waals surface area contributed by atoms with Crippen LogP contribution in [0.1, 0.15) is 39.0 Å². The van der Waals surface area contributed by atoms with Crippen LogP contribution in [-0.2, 0) is 9.59 Å². The molecule has 3 aliphatic rings. The van der Waals surface area contributed by atoms with Gasteiger partial charge in [0.1, 0.15) is 0 Å². The number of rotatable bonds is 2. The summed E-state index contributed by atoms with van der Waals surface area (Å²) in [4.78, 5) is 25.6. The van der Waals surface area contributed by atoms with Crippen molar-refractivity contribution in [2.75, 3.05) is 13.1 Å². The summed E-state index contributed by atoms with van der Waals surface area (Å²) in [5.74, 6) is 1.39. The highest BCUT2D eigenvalue weighted by atomic mass is 35.5. The van der Waals surface area contributed by atoms with E-state index in [1.165, 1.54) is 12.8 Å². The zero-order valence-corrected chi connectivity index (χ0v) is 13.4. The van der Waals surface area contributed by atoms with Crippen LogP contribution in [0.5, 0.6) is 0 Å². The number of hydrogen-bond acceptors (Lipinski definition) is 3. The van der Waals surface area contributed by atoms with Gasteiger partial charge in [0.05, 0.1) is 5.92 Å².